The first kappa shape index (κ1) is 40.9. The highest BCUT2D eigenvalue weighted by atomic mass is 32.2. The van der Waals surface area contributed by atoms with Gasteiger partial charge in [-0.15, -0.1) is 0 Å². The summed E-state index contributed by atoms with van der Waals surface area (Å²) in [5.41, 5.74) is 3.97. The molecule has 296 valence electrons. The number of hydrogen-bond acceptors (Lipinski definition) is 7. The zero-order chi connectivity index (χ0) is 39.7. The zero-order valence-corrected chi connectivity index (χ0v) is 34.9. The summed E-state index contributed by atoms with van der Waals surface area (Å²) < 4.78 is 34.8. The largest absolute Gasteiger partial charge is 0.457 e. The standard InChI is InChI=1S/C45H61N5O4S/c1-31-39-23-36(45(39,5)6)24-40(31)47-43(51)41-20-21-55(52,53)50(41)28-34-13-11-12-33(22-34)27-49(37(30-48(7)8)25-44(2,3)4)29-35-14-9-10-15-42(35)54-38-18-16-32(26-46)17-19-38/h9-19,22,31,36-37,39-41H,20-21,23-25,27-30H2,1-8H3,(H,47,51)/t31-,36+,37-,39-,40-,41?/m0/s1. The Morgan fingerprint density at radius 2 is 1.73 bits per heavy atom. The van der Waals surface area contributed by atoms with Crippen molar-refractivity contribution in [2.24, 2.45) is 28.6 Å². The van der Waals surface area contributed by atoms with E-state index in [1.165, 1.54) is 10.7 Å². The van der Waals surface area contributed by atoms with Gasteiger partial charge in [-0.05, 0) is 110 Å². The molecule has 0 spiro atoms. The highest BCUT2D eigenvalue weighted by Crippen LogP contribution is 2.61. The second-order valence-electron chi connectivity index (χ2n) is 18.5. The number of hydrogen-bond donors (Lipinski definition) is 1. The number of rotatable bonds is 14. The van der Waals surface area contributed by atoms with Crippen LogP contribution in [0.15, 0.2) is 72.8 Å². The smallest absolute Gasteiger partial charge is 0.238 e. The van der Waals surface area contributed by atoms with Crippen LogP contribution in [0.2, 0.25) is 0 Å². The fourth-order valence-corrected chi connectivity index (χ4v) is 11.2. The second kappa shape index (κ2) is 16.4. The molecule has 0 radical (unpaired) electrons. The van der Waals surface area contributed by atoms with Crippen molar-refractivity contribution in [2.45, 2.75) is 105 Å². The summed E-state index contributed by atoms with van der Waals surface area (Å²) in [6, 6.07) is 25.2. The Kier molecular flexibility index (Phi) is 12.2. The predicted molar refractivity (Wildman–Crippen MR) is 219 cm³/mol. The van der Waals surface area contributed by atoms with Crippen molar-refractivity contribution in [2.75, 3.05) is 26.4 Å². The minimum atomic E-state index is -3.59. The van der Waals surface area contributed by atoms with Crippen LogP contribution >= 0.6 is 0 Å². The number of carbonyl (C=O) groups excluding carboxylic acids is 1. The highest BCUT2D eigenvalue weighted by Gasteiger charge is 2.56. The van der Waals surface area contributed by atoms with E-state index in [0.29, 0.717) is 54.0 Å². The number of ether oxygens (including phenoxy) is 1. The lowest BCUT2D eigenvalue weighted by Crippen LogP contribution is -2.61. The van der Waals surface area contributed by atoms with E-state index in [9.17, 15) is 18.5 Å². The number of fused-ring (bicyclic) bond motifs is 2. The van der Waals surface area contributed by atoms with Crippen LogP contribution in [0.25, 0.3) is 0 Å². The molecule has 3 aromatic rings. The molecular formula is C45H61N5O4S. The number of sulfonamides is 1. The Bertz CT molecular complexity index is 1970. The molecule has 4 fully saturated rings. The Morgan fingerprint density at radius 1 is 1.02 bits per heavy atom. The molecule has 3 saturated carbocycles. The number of likely N-dealkylation sites (N-methyl/N-ethyl adjacent to an activating group) is 1. The van der Waals surface area contributed by atoms with E-state index in [2.05, 4.69) is 95.0 Å². The van der Waals surface area contributed by atoms with Gasteiger partial charge in [0, 0.05) is 43.8 Å². The second-order valence-corrected chi connectivity index (χ2v) is 20.5. The van der Waals surface area contributed by atoms with Crippen LogP contribution in [-0.2, 0) is 34.5 Å². The van der Waals surface area contributed by atoms with Crippen LogP contribution in [-0.4, -0.2) is 72.9 Å². The van der Waals surface area contributed by atoms with Gasteiger partial charge in [0.2, 0.25) is 15.9 Å². The molecule has 0 aromatic heterocycles. The van der Waals surface area contributed by atoms with E-state index in [4.69, 9.17) is 4.74 Å². The molecule has 6 atom stereocenters. The van der Waals surface area contributed by atoms with Gasteiger partial charge < -0.3 is 15.0 Å². The molecule has 55 heavy (non-hydrogen) atoms. The Morgan fingerprint density at radius 3 is 2.38 bits per heavy atom. The lowest BCUT2D eigenvalue weighted by atomic mass is 9.45. The summed E-state index contributed by atoms with van der Waals surface area (Å²) in [5, 5.41) is 12.6. The summed E-state index contributed by atoms with van der Waals surface area (Å²) >= 11 is 0. The fourth-order valence-electron chi connectivity index (χ4n) is 9.48. The predicted octanol–water partition coefficient (Wildman–Crippen LogP) is 7.81. The molecular weight excluding hydrogens is 707 g/mol. The minimum Gasteiger partial charge on any atom is -0.457 e. The Hall–Kier alpha value is -3.75. The molecule has 1 heterocycles. The number of amides is 1. The van der Waals surface area contributed by atoms with Gasteiger partial charge in [-0.1, -0.05) is 84.0 Å². The number of carbonyl (C=O) groups is 1. The third-order valence-electron chi connectivity index (χ3n) is 12.6. The molecule has 2 bridgehead atoms. The van der Waals surface area contributed by atoms with Crippen molar-refractivity contribution in [3.63, 3.8) is 0 Å². The van der Waals surface area contributed by atoms with Crippen LogP contribution in [0.1, 0.15) is 89.5 Å². The van der Waals surface area contributed by atoms with E-state index in [0.717, 1.165) is 41.8 Å². The zero-order valence-electron chi connectivity index (χ0n) is 34.1. The molecule has 1 aliphatic heterocycles. The third kappa shape index (κ3) is 9.62. The monoisotopic (exact) mass is 767 g/mol. The van der Waals surface area contributed by atoms with Gasteiger partial charge in [0.15, 0.2) is 0 Å². The normalized spacial score (nSPS) is 24.9. The van der Waals surface area contributed by atoms with Crippen LogP contribution in [0, 0.1) is 39.9 Å². The molecule has 3 aliphatic carbocycles. The number of benzene rings is 3. The topological polar surface area (TPSA) is 106 Å². The summed E-state index contributed by atoms with van der Waals surface area (Å²) in [7, 11) is 0.632. The fraction of sp³-hybridized carbons (Fsp3) is 0.556. The maximum Gasteiger partial charge on any atom is 0.238 e. The van der Waals surface area contributed by atoms with Crippen molar-refractivity contribution in [1.29, 1.82) is 5.26 Å². The SMILES string of the molecule is C[C@@H]1[C@@H](NC(=O)C2CCS(=O)(=O)N2Cc2cccc(CN(Cc3ccccc3Oc3ccc(C#N)cc3)[C@H](CN(C)C)CC(C)(C)C)c2)C[C@H]2C[C@@H]1C2(C)C. The van der Waals surface area contributed by atoms with Crippen molar-refractivity contribution in [3.05, 3.63) is 95.1 Å². The van der Waals surface area contributed by atoms with Gasteiger partial charge in [0.1, 0.15) is 17.5 Å². The number of nitrogens with zero attached hydrogens (tertiary/aromatic N) is 4. The average molecular weight is 768 g/mol. The minimum absolute atomic E-state index is 0.0139. The lowest BCUT2D eigenvalue weighted by molar-refractivity contribution is -0.136. The average Bonchev–Trinajstić information content (AvgIpc) is 3.41. The van der Waals surface area contributed by atoms with Crippen molar-refractivity contribution < 1.29 is 17.9 Å². The molecule has 1 amide bonds. The van der Waals surface area contributed by atoms with Gasteiger partial charge in [-0.25, -0.2) is 8.42 Å². The summed E-state index contributed by atoms with van der Waals surface area (Å²) in [6.45, 7) is 16.1. The first-order valence-corrected chi connectivity index (χ1v) is 21.6. The Balaban J connectivity index is 1.22. The van der Waals surface area contributed by atoms with Crippen molar-refractivity contribution in [1.82, 2.24) is 19.4 Å². The lowest BCUT2D eigenvalue weighted by Gasteiger charge is -2.62. The summed E-state index contributed by atoms with van der Waals surface area (Å²) in [6.07, 6.45) is 3.46. The van der Waals surface area contributed by atoms with Gasteiger partial charge in [-0.2, -0.15) is 9.57 Å². The van der Waals surface area contributed by atoms with E-state index in [-0.39, 0.29) is 35.7 Å². The third-order valence-corrected chi connectivity index (χ3v) is 14.4. The number of nitrogens with one attached hydrogen (secondary N) is 1. The molecule has 1 saturated heterocycles. The van der Waals surface area contributed by atoms with Crippen LogP contribution in [0.4, 0.5) is 0 Å². The van der Waals surface area contributed by atoms with Crippen LogP contribution in [0.5, 0.6) is 11.5 Å². The molecule has 1 unspecified atom stereocenters. The van der Waals surface area contributed by atoms with Gasteiger partial charge in [0.25, 0.3) is 0 Å². The van der Waals surface area contributed by atoms with E-state index < -0.39 is 16.1 Å². The van der Waals surface area contributed by atoms with E-state index >= 15 is 0 Å². The maximum absolute atomic E-state index is 13.8. The maximum atomic E-state index is 13.8. The van der Waals surface area contributed by atoms with E-state index in [1.807, 2.05) is 42.5 Å². The number of nitriles is 1. The molecule has 4 aliphatic rings. The molecule has 1 N–H and O–H groups in total. The highest BCUT2D eigenvalue weighted by molar-refractivity contribution is 7.89. The molecule has 7 rings (SSSR count). The summed E-state index contributed by atoms with van der Waals surface area (Å²) in [5.74, 6) is 2.83. The molecule has 3 aromatic carbocycles. The number of para-hydroxylation sites is 1. The molecule has 10 heteroatoms. The van der Waals surface area contributed by atoms with E-state index in [1.54, 1.807) is 12.1 Å². The van der Waals surface area contributed by atoms with Crippen LogP contribution in [0.3, 0.4) is 0 Å². The molecule has 9 nitrogen and oxygen atoms in total. The Labute approximate surface area is 330 Å². The van der Waals surface area contributed by atoms with Crippen LogP contribution < -0.4 is 10.1 Å². The van der Waals surface area contributed by atoms with Crippen molar-refractivity contribution in [3.8, 4) is 17.6 Å². The van der Waals surface area contributed by atoms with Crippen molar-refractivity contribution >= 4 is 15.9 Å². The summed E-state index contributed by atoms with van der Waals surface area (Å²) in [4.78, 5) is 18.6. The van der Waals surface area contributed by atoms with Gasteiger partial charge in [-0.3, -0.25) is 9.69 Å². The first-order chi connectivity index (χ1) is 25.9. The van der Waals surface area contributed by atoms with Gasteiger partial charge >= 0.3 is 0 Å². The first-order valence-electron chi connectivity index (χ1n) is 20.0. The van der Waals surface area contributed by atoms with Gasteiger partial charge in [0.05, 0.1) is 17.4 Å². The quantitative estimate of drug-likeness (QED) is 0.179.